The zero-order chi connectivity index (χ0) is 32.6. The van der Waals surface area contributed by atoms with Gasteiger partial charge in [0.15, 0.2) is 12.0 Å². The number of likely N-dealkylation sites (N-methyl/N-ethyl adjacent to an activating group) is 1. The minimum atomic E-state index is -1.93. The van der Waals surface area contributed by atoms with Crippen LogP contribution in [0.1, 0.15) is 19.8 Å². The first-order chi connectivity index (χ1) is 21.5. The molecule has 0 saturated carbocycles. The van der Waals surface area contributed by atoms with Crippen molar-refractivity contribution >= 4 is 22.8 Å². The Morgan fingerprint density at radius 1 is 1.16 bits per heavy atom. The molecule has 2 aromatic heterocycles. The summed E-state index contributed by atoms with van der Waals surface area (Å²) in [4.78, 5) is 25.0. The Bertz CT molecular complexity index is 1390. The first-order valence-corrected chi connectivity index (χ1v) is 14.8. The van der Waals surface area contributed by atoms with Gasteiger partial charge in [-0.2, -0.15) is 5.26 Å². The fourth-order valence-electron chi connectivity index (χ4n) is 6.54. The summed E-state index contributed by atoms with van der Waals surface area (Å²) in [5.41, 5.74) is -1.66. The number of fused-ring (bicyclic) bond motifs is 1. The average Bonchev–Trinajstić information content (AvgIpc) is 3.60. The molecule has 0 bridgehead atoms. The standard InChI is InChI=1S/C28H40N6O11/c1-14-4-7-33(19(38)3-6-29)9-16(14)32(2)25-15-5-8-34(26(15)31-13-30-25)28(12-37)24(42)23(18(11-36)45-28)44-27-22(41)21(40)20(39)17(10-35)43-27/h5,8,13-14,16-18,20-24,27,35-37,39-42H,3-4,7,9-12H2,1-2H3/t14-,16+,17-,18-,20+,21+,22-,23-,24+,27+,28?/m1/s1. The van der Waals surface area contributed by atoms with Crippen molar-refractivity contribution in [1.29, 1.82) is 5.26 Å². The second-order valence-electron chi connectivity index (χ2n) is 11.8. The van der Waals surface area contributed by atoms with Crippen LogP contribution in [0.25, 0.3) is 11.0 Å². The molecule has 0 radical (unpaired) electrons. The Morgan fingerprint density at radius 2 is 1.89 bits per heavy atom. The van der Waals surface area contributed by atoms with Gasteiger partial charge in [0.1, 0.15) is 66.9 Å². The number of ether oxygens (including phenoxy) is 3. The number of aliphatic hydroxyl groups excluding tert-OH is 7. The number of anilines is 1. The maximum absolute atomic E-state index is 12.5. The lowest BCUT2D eigenvalue weighted by Gasteiger charge is -2.42. The van der Waals surface area contributed by atoms with E-state index in [9.17, 15) is 40.5 Å². The Hall–Kier alpha value is -3.02. The van der Waals surface area contributed by atoms with E-state index in [1.807, 2.05) is 18.0 Å². The third-order valence-corrected chi connectivity index (χ3v) is 9.24. The highest BCUT2D eigenvalue weighted by atomic mass is 16.7. The number of nitrogens with zero attached hydrogens (tertiary/aromatic N) is 6. The van der Waals surface area contributed by atoms with Crippen molar-refractivity contribution in [2.75, 3.05) is 44.9 Å². The van der Waals surface area contributed by atoms with Gasteiger partial charge in [0.25, 0.3) is 0 Å². The highest BCUT2D eigenvalue weighted by Crippen LogP contribution is 2.41. The van der Waals surface area contributed by atoms with E-state index in [0.717, 1.165) is 6.42 Å². The number of likely N-dealkylation sites (tertiary alicyclic amines) is 1. The predicted octanol–water partition coefficient (Wildman–Crippen LogP) is -3.40. The molecule has 0 aliphatic carbocycles. The molecule has 1 unspecified atom stereocenters. The predicted molar refractivity (Wildman–Crippen MR) is 152 cm³/mol. The van der Waals surface area contributed by atoms with E-state index >= 15 is 0 Å². The molecule has 3 aliphatic heterocycles. The third-order valence-electron chi connectivity index (χ3n) is 9.24. The van der Waals surface area contributed by atoms with Crippen LogP contribution >= 0.6 is 0 Å². The first-order valence-electron chi connectivity index (χ1n) is 14.8. The largest absolute Gasteiger partial charge is 0.394 e. The molecule has 7 N–H and O–H groups in total. The Kier molecular flexibility index (Phi) is 9.91. The van der Waals surface area contributed by atoms with E-state index in [-0.39, 0.29) is 29.9 Å². The topological polar surface area (TPSA) is 247 Å². The van der Waals surface area contributed by atoms with Crippen molar-refractivity contribution < 1.29 is 54.8 Å². The second-order valence-corrected chi connectivity index (χ2v) is 11.8. The van der Waals surface area contributed by atoms with Crippen molar-refractivity contribution in [3.05, 3.63) is 18.6 Å². The van der Waals surface area contributed by atoms with Gasteiger partial charge < -0.3 is 59.8 Å². The van der Waals surface area contributed by atoms with Gasteiger partial charge in [-0.25, -0.2) is 9.97 Å². The van der Waals surface area contributed by atoms with Crippen molar-refractivity contribution in [2.45, 2.75) is 80.5 Å². The molecule has 5 rings (SSSR count). The summed E-state index contributed by atoms with van der Waals surface area (Å²) in [6, 6.07) is 3.45. The minimum Gasteiger partial charge on any atom is -0.394 e. The SMILES string of the molecule is C[C@@H]1CCN(C(=O)CC#N)C[C@@H]1N(C)c1ncnc2c1ccn2C1(CO)O[C@H](CO)[C@@H](O[C@@H]2O[C@H](CO)[C@H](O)[C@H](O)[C@H]2O)[C@@H]1O. The molecule has 2 aromatic rings. The quantitative estimate of drug-likeness (QED) is 0.142. The molecule has 248 valence electrons. The molecule has 17 heteroatoms. The van der Waals surface area contributed by atoms with Crippen molar-refractivity contribution in [3.63, 3.8) is 0 Å². The summed E-state index contributed by atoms with van der Waals surface area (Å²) in [5.74, 6) is 0.458. The second kappa shape index (κ2) is 13.4. The minimum absolute atomic E-state index is 0.141. The van der Waals surface area contributed by atoms with Gasteiger partial charge in [0.05, 0.1) is 37.3 Å². The van der Waals surface area contributed by atoms with E-state index in [4.69, 9.17) is 19.5 Å². The average molecular weight is 637 g/mol. The molecule has 3 aliphatic rings. The fraction of sp³-hybridized carbons (Fsp3) is 0.714. The zero-order valence-electron chi connectivity index (χ0n) is 24.9. The summed E-state index contributed by atoms with van der Waals surface area (Å²) >= 11 is 0. The molecule has 3 fully saturated rings. The zero-order valence-corrected chi connectivity index (χ0v) is 24.9. The molecule has 11 atom stereocenters. The van der Waals surface area contributed by atoms with Gasteiger partial charge in [-0.1, -0.05) is 6.92 Å². The molecule has 17 nitrogen and oxygen atoms in total. The summed E-state index contributed by atoms with van der Waals surface area (Å²) in [6.45, 7) is 0.844. The van der Waals surface area contributed by atoms with Crippen molar-refractivity contribution in [2.24, 2.45) is 5.92 Å². The summed E-state index contributed by atoms with van der Waals surface area (Å²) < 4.78 is 18.7. The molecule has 5 heterocycles. The lowest BCUT2D eigenvalue weighted by atomic mass is 9.92. The number of nitriles is 1. The molecule has 0 spiro atoms. The van der Waals surface area contributed by atoms with E-state index < -0.39 is 74.6 Å². The van der Waals surface area contributed by atoms with Crippen LogP contribution in [0, 0.1) is 17.2 Å². The van der Waals surface area contributed by atoms with Gasteiger partial charge in [0, 0.05) is 26.3 Å². The summed E-state index contributed by atoms with van der Waals surface area (Å²) in [5, 5.41) is 82.2. The lowest BCUT2D eigenvalue weighted by Crippen LogP contribution is -2.60. The number of piperidine rings is 1. The number of carbonyl (C=O) groups is 1. The molecule has 3 saturated heterocycles. The number of amides is 1. The van der Waals surface area contributed by atoms with Crippen LogP contribution in [-0.2, 0) is 24.7 Å². The van der Waals surface area contributed by atoms with Crippen LogP contribution in [0.4, 0.5) is 5.82 Å². The smallest absolute Gasteiger partial charge is 0.236 e. The number of aromatic nitrogens is 3. The maximum Gasteiger partial charge on any atom is 0.236 e. The highest BCUT2D eigenvalue weighted by Gasteiger charge is 2.58. The van der Waals surface area contributed by atoms with Gasteiger partial charge in [-0.15, -0.1) is 0 Å². The normalized spacial score (nSPS) is 37.1. The van der Waals surface area contributed by atoms with E-state index in [0.29, 0.717) is 24.3 Å². The van der Waals surface area contributed by atoms with E-state index in [1.54, 1.807) is 11.0 Å². The Morgan fingerprint density at radius 3 is 2.56 bits per heavy atom. The molecule has 0 aromatic carbocycles. The molecule has 45 heavy (non-hydrogen) atoms. The van der Waals surface area contributed by atoms with E-state index in [1.165, 1.54) is 17.1 Å². The number of carbonyl (C=O) groups excluding carboxylic acids is 1. The molecule has 1 amide bonds. The van der Waals surface area contributed by atoms with Gasteiger partial charge in [-0.05, 0) is 18.4 Å². The first kappa shape index (κ1) is 33.3. The number of hydrogen-bond donors (Lipinski definition) is 7. The fourth-order valence-corrected chi connectivity index (χ4v) is 6.54. The van der Waals surface area contributed by atoms with Crippen LogP contribution in [-0.4, -0.2) is 156 Å². The molecular formula is C28H40N6O11. The highest BCUT2D eigenvalue weighted by molar-refractivity contribution is 5.88. The summed E-state index contributed by atoms with van der Waals surface area (Å²) in [6.07, 6.45) is -9.01. The van der Waals surface area contributed by atoms with Crippen LogP contribution in [0.15, 0.2) is 18.6 Å². The van der Waals surface area contributed by atoms with Crippen LogP contribution in [0.3, 0.4) is 0 Å². The number of rotatable bonds is 9. The van der Waals surface area contributed by atoms with Crippen molar-refractivity contribution in [3.8, 4) is 6.07 Å². The monoisotopic (exact) mass is 636 g/mol. The van der Waals surface area contributed by atoms with Gasteiger partial charge >= 0.3 is 0 Å². The molecular weight excluding hydrogens is 596 g/mol. The maximum atomic E-state index is 12.5. The van der Waals surface area contributed by atoms with Crippen LogP contribution in [0.5, 0.6) is 0 Å². The number of aliphatic hydroxyl groups is 7. The summed E-state index contributed by atoms with van der Waals surface area (Å²) in [7, 11) is 1.84. The van der Waals surface area contributed by atoms with E-state index in [2.05, 4.69) is 16.9 Å². The number of hydrogen-bond acceptors (Lipinski definition) is 15. The Balaban J connectivity index is 1.44. The van der Waals surface area contributed by atoms with Gasteiger partial charge in [0.2, 0.25) is 5.91 Å². The van der Waals surface area contributed by atoms with Gasteiger partial charge in [-0.3, -0.25) is 9.36 Å². The van der Waals surface area contributed by atoms with Crippen molar-refractivity contribution in [1.82, 2.24) is 19.4 Å². The van der Waals surface area contributed by atoms with Crippen LogP contribution in [0.2, 0.25) is 0 Å². The lowest BCUT2D eigenvalue weighted by molar-refractivity contribution is -0.318. The van der Waals surface area contributed by atoms with Crippen LogP contribution < -0.4 is 4.90 Å². The Labute approximate surface area is 258 Å². The third kappa shape index (κ3) is 5.76.